The predicted octanol–water partition coefficient (Wildman–Crippen LogP) is 3.74. The van der Waals surface area contributed by atoms with Gasteiger partial charge in [0.2, 0.25) is 0 Å². The molecule has 1 aromatic carbocycles. The largest absolute Gasteiger partial charge is 0.508 e. The molecule has 2 aromatic rings. The number of phenols is 1. The van der Waals surface area contributed by atoms with E-state index in [1.807, 2.05) is 6.07 Å². The Morgan fingerprint density at radius 3 is 2.71 bits per heavy atom. The minimum Gasteiger partial charge on any atom is -0.508 e. The van der Waals surface area contributed by atoms with Crippen molar-refractivity contribution in [3.8, 4) is 5.75 Å². The lowest BCUT2D eigenvalue weighted by molar-refractivity contribution is 0.0636. The summed E-state index contributed by atoms with van der Waals surface area (Å²) in [4.78, 5) is 17.1. The lowest BCUT2D eigenvalue weighted by Crippen LogP contribution is -2.28. The quantitative estimate of drug-likeness (QED) is 0.309. The zero-order valence-corrected chi connectivity index (χ0v) is 14.0. The molecular weight excluding hydrogens is 324 g/mol. The maximum Gasteiger partial charge on any atom is 0.162 e. The number of aromatic hydroxyl groups is 1. The Labute approximate surface area is 144 Å². The fraction of sp³-hybridized carbons (Fsp3) is 0.333. The minimum absolute atomic E-state index is 0.202. The maximum absolute atomic E-state index is 11.2. The second-order valence-electron chi connectivity index (χ2n) is 5.99. The highest BCUT2D eigenvalue weighted by atomic mass is 32.1. The summed E-state index contributed by atoms with van der Waals surface area (Å²) in [6.07, 6.45) is 5.96. The third-order valence-corrected chi connectivity index (χ3v) is 5.38. The van der Waals surface area contributed by atoms with Gasteiger partial charge in [0.05, 0.1) is 23.0 Å². The molecular formula is C18H20N2O3S. The number of nitrogens with zero attached hydrogens (tertiary/aromatic N) is 1. The maximum atomic E-state index is 11.2. The standard InChI is InChI=1S/C18H20N2O3S/c21-10-18-16(20-11-19-13-4-6-14(22)7-5-13)8-15(24-18)9-17(23)12-2-1-3-12/h4-8,10-12,17,22-23H,1-3,9H2,(H,19,20). The van der Waals surface area contributed by atoms with Crippen molar-refractivity contribution < 1.29 is 15.0 Å². The number of phenolic OH excluding ortho intramolecular Hbond substituents is 1. The number of thiophene rings is 1. The summed E-state index contributed by atoms with van der Waals surface area (Å²) in [5, 5.41) is 22.4. The molecule has 6 heteroatoms. The Bertz CT molecular complexity index is 720. The number of hydrogen-bond donors (Lipinski definition) is 3. The number of aliphatic hydroxyl groups excluding tert-OH is 1. The summed E-state index contributed by atoms with van der Waals surface area (Å²) in [5.74, 6) is 0.600. The van der Waals surface area contributed by atoms with Crippen molar-refractivity contribution in [2.75, 3.05) is 5.32 Å². The summed E-state index contributed by atoms with van der Waals surface area (Å²) >= 11 is 1.39. The molecule has 1 aromatic heterocycles. The summed E-state index contributed by atoms with van der Waals surface area (Å²) in [6.45, 7) is 0. The monoisotopic (exact) mass is 344 g/mol. The zero-order chi connectivity index (χ0) is 16.9. The number of benzene rings is 1. The molecule has 1 saturated carbocycles. The van der Waals surface area contributed by atoms with E-state index >= 15 is 0 Å². The molecule has 0 aliphatic heterocycles. The van der Waals surface area contributed by atoms with Crippen LogP contribution in [0.1, 0.15) is 33.8 Å². The molecule has 0 amide bonds. The van der Waals surface area contributed by atoms with E-state index in [-0.39, 0.29) is 11.9 Å². The second-order valence-corrected chi connectivity index (χ2v) is 7.16. The number of aldehydes is 1. The van der Waals surface area contributed by atoms with E-state index in [0.717, 1.165) is 29.7 Å². The second kappa shape index (κ2) is 7.59. The molecule has 0 radical (unpaired) electrons. The van der Waals surface area contributed by atoms with Gasteiger partial charge in [-0.2, -0.15) is 0 Å². The van der Waals surface area contributed by atoms with Crippen molar-refractivity contribution in [3.05, 3.63) is 40.1 Å². The molecule has 24 heavy (non-hydrogen) atoms. The Balaban J connectivity index is 1.64. The van der Waals surface area contributed by atoms with E-state index in [4.69, 9.17) is 0 Å². The molecule has 1 heterocycles. The Morgan fingerprint density at radius 2 is 2.08 bits per heavy atom. The van der Waals surface area contributed by atoms with E-state index < -0.39 is 0 Å². The number of carbonyl (C=O) groups is 1. The van der Waals surface area contributed by atoms with Gasteiger partial charge in [0, 0.05) is 17.0 Å². The van der Waals surface area contributed by atoms with E-state index in [2.05, 4.69) is 10.3 Å². The average Bonchev–Trinajstić information content (AvgIpc) is 2.89. The topological polar surface area (TPSA) is 81.9 Å². The van der Waals surface area contributed by atoms with Crippen LogP contribution in [0, 0.1) is 5.92 Å². The van der Waals surface area contributed by atoms with E-state index in [0.29, 0.717) is 22.9 Å². The van der Waals surface area contributed by atoms with Crippen molar-refractivity contribution in [3.63, 3.8) is 0 Å². The number of aliphatic imine (C=N–C) groups is 1. The Hall–Kier alpha value is -2.18. The van der Waals surface area contributed by atoms with E-state index in [1.165, 1.54) is 24.1 Å². The normalized spacial score (nSPS) is 16.0. The number of carbonyl (C=O) groups excluding carboxylic acids is 1. The first kappa shape index (κ1) is 16.7. The highest BCUT2D eigenvalue weighted by Crippen LogP contribution is 2.34. The number of aliphatic hydroxyl groups is 1. The zero-order valence-electron chi connectivity index (χ0n) is 13.2. The van der Waals surface area contributed by atoms with Gasteiger partial charge in [-0.15, -0.1) is 11.3 Å². The molecule has 1 aliphatic carbocycles. The lowest BCUT2D eigenvalue weighted by atomic mass is 9.80. The fourth-order valence-corrected chi connectivity index (χ4v) is 3.64. The van der Waals surface area contributed by atoms with E-state index in [1.54, 1.807) is 24.3 Å². The van der Waals surface area contributed by atoms with Crippen molar-refractivity contribution in [1.82, 2.24) is 0 Å². The van der Waals surface area contributed by atoms with Crippen molar-refractivity contribution in [2.24, 2.45) is 10.9 Å². The number of anilines is 1. The molecule has 1 atom stereocenters. The first-order valence-electron chi connectivity index (χ1n) is 8.00. The first-order valence-corrected chi connectivity index (χ1v) is 8.81. The molecule has 126 valence electrons. The number of nitrogens with one attached hydrogen (secondary N) is 1. The van der Waals surface area contributed by atoms with Crippen molar-refractivity contribution in [2.45, 2.75) is 31.8 Å². The third kappa shape index (κ3) is 4.01. The van der Waals surface area contributed by atoms with Crippen LogP contribution in [0.5, 0.6) is 5.75 Å². The van der Waals surface area contributed by atoms with Gasteiger partial charge in [-0.1, -0.05) is 6.42 Å². The third-order valence-electron chi connectivity index (χ3n) is 4.30. The van der Waals surface area contributed by atoms with E-state index in [9.17, 15) is 15.0 Å². The van der Waals surface area contributed by atoms with Crippen LogP contribution in [0.4, 0.5) is 11.4 Å². The van der Waals surface area contributed by atoms with Gasteiger partial charge in [-0.25, -0.2) is 4.99 Å². The molecule has 3 N–H and O–H groups in total. The minimum atomic E-state index is -0.330. The van der Waals surface area contributed by atoms with Crippen LogP contribution in [0.25, 0.3) is 0 Å². The summed E-state index contributed by atoms with van der Waals surface area (Å²) < 4.78 is 0. The molecule has 1 unspecified atom stereocenters. The van der Waals surface area contributed by atoms with Crippen LogP contribution < -0.4 is 5.32 Å². The molecule has 1 aliphatic rings. The Morgan fingerprint density at radius 1 is 1.33 bits per heavy atom. The molecule has 5 nitrogen and oxygen atoms in total. The van der Waals surface area contributed by atoms with Gasteiger partial charge >= 0.3 is 0 Å². The van der Waals surface area contributed by atoms with Gasteiger partial charge in [-0.05, 0) is 49.1 Å². The van der Waals surface area contributed by atoms with Gasteiger partial charge in [-0.3, -0.25) is 4.79 Å². The first-order chi connectivity index (χ1) is 11.7. The molecule has 0 saturated heterocycles. The predicted molar refractivity (Wildman–Crippen MR) is 96.6 cm³/mol. The SMILES string of the molecule is O=Cc1sc(CC(O)C2CCC2)cc1N=CNc1ccc(O)cc1. The summed E-state index contributed by atoms with van der Waals surface area (Å²) in [6, 6.07) is 8.49. The van der Waals surface area contributed by atoms with Crippen LogP contribution >= 0.6 is 11.3 Å². The number of rotatable bonds is 7. The fourth-order valence-electron chi connectivity index (χ4n) is 2.66. The highest BCUT2D eigenvalue weighted by molar-refractivity contribution is 7.14. The highest BCUT2D eigenvalue weighted by Gasteiger charge is 2.26. The lowest BCUT2D eigenvalue weighted by Gasteiger charge is -2.29. The molecule has 3 rings (SSSR count). The smallest absolute Gasteiger partial charge is 0.162 e. The average molecular weight is 344 g/mol. The van der Waals surface area contributed by atoms with Crippen LogP contribution in [0.2, 0.25) is 0 Å². The Kier molecular flexibility index (Phi) is 5.27. The summed E-state index contributed by atoms with van der Waals surface area (Å²) in [7, 11) is 0. The van der Waals surface area contributed by atoms with Crippen molar-refractivity contribution in [1.29, 1.82) is 0 Å². The molecule has 0 bridgehead atoms. The van der Waals surface area contributed by atoms with Gasteiger partial charge in [0.25, 0.3) is 0 Å². The summed E-state index contributed by atoms with van der Waals surface area (Å²) in [5.41, 5.74) is 1.40. The van der Waals surface area contributed by atoms with Gasteiger partial charge < -0.3 is 15.5 Å². The number of hydrogen-bond acceptors (Lipinski definition) is 5. The van der Waals surface area contributed by atoms with Crippen LogP contribution in [-0.2, 0) is 6.42 Å². The molecule has 0 spiro atoms. The van der Waals surface area contributed by atoms with Crippen molar-refractivity contribution >= 4 is 35.3 Å². The van der Waals surface area contributed by atoms with Crippen LogP contribution in [0.3, 0.4) is 0 Å². The van der Waals surface area contributed by atoms with Crippen LogP contribution in [-0.4, -0.2) is 28.9 Å². The molecule has 1 fully saturated rings. The van der Waals surface area contributed by atoms with Gasteiger partial charge in [0.1, 0.15) is 5.75 Å². The van der Waals surface area contributed by atoms with Crippen LogP contribution in [0.15, 0.2) is 35.3 Å². The van der Waals surface area contributed by atoms with Gasteiger partial charge in [0.15, 0.2) is 6.29 Å².